The molecule has 0 aliphatic rings. The molecular formula is C18H18N4O3S. The number of benzene rings is 2. The molecule has 1 aromatic heterocycles. The Bertz CT molecular complexity index is 952. The van der Waals surface area contributed by atoms with Crippen LogP contribution in [0.1, 0.15) is 23.3 Å². The monoisotopic (exact) mass is 370 g/mol. The van der Waals surface area contributed by atoms with Crippen LogP contribution in [0.5, 0.6) is 0 Å². The molecule has 0 spiro atoms. The number of nitro benzene ring substituents is 1. The number of nitrogens with one attached hydrogen (secondary N) is 1. The fraction of sp³-hybridized carbons (Fsp3) is 0.222. The van der Waals surface area contributed by atoms with Crippen LogP contribution in [0.2, 0.25) is 0 Å². The van der Waals surface area contributed by atoms with Gasteiger partial charge in [-0.2, -0.15) is 0 Å². The Kier molecular flexibility index (Phi) is 5.52. The third kappa shape index (κ3) is 4.20. The summed E-state index contributed by atoms with van der Waals surface area (Å²) in [4.78, 5) is 22.6. The minimum Gasteiger partial charge on any atom is -0.270 e. The summed E-state index contributed by atoms with van der Waals surface area (Å²) in [5, 5.41) is 18.0. The number of aryl methyl sites for hydroxylation is 1. The first-order valence-corrected chi connectivity index (χ1v) is 9.02. The van der Waals surface area contributed by atoms with Crippen molar-refractivity contribution in [3.8, 4) is 0 Å². The smallest absolute Gasteiger partial charge is 0.270 e. The highest BCUT2D eigenvalue weighted by Gasteiger charge is 2.16. The molecule has 7 nitrogen and oxygen atoms in total. The van der Waals surface area contributed by atoms with Gasteiger partial charge < -0.3 is 0 Å². The van der Waals surface area contributed by atoms with Gasteiger partial charge in [0.05, 0.1) is 4.92 Å². The summed E-state index contributed by atoms with van der Waals surface area (Å²) < 4.78 is 1.60. The lowest BCUT2D eigenvalue weighted by Gasteiger charge is -2.12. The van der Waals surface area contributed by atoms with Gasteiger partial charge in [-0.25, -0.2) is 9.89 Å². The number of non-ortho nitro benzene ring substituents is 1. The van der Waals surface area contributed by atoms with Gasteiger partial charge in [0.25, 0.3) is 5.69 Å². The predicted molar refractivity (Wildman–Crippen MR) is 100 cm³/mol. The van der Waals surface area contributed by atoms with E-state index in [1.54, 1.807) is 16.7 Å². The highest BCUT2D eigenvalue weighted by atomic mass is 32.2. The first kappa shape index (κ1) is 17.9. The van der Waals surface area contributed by atoms with Crippen molar-refractivity contribution in [2.45, 2.75) is 30.3 Å². The second kappa shape index (κ2) is 8.01. The van der Waals surface area contributed by atoms with E-state index >= 15 is 0 Å². The van der Waals surface area contributed by atoms with Crippen molar-refractivity contribution >= 4 is 17.4 Å². The molecule has 0 aliphatic carbocycles. The van der Waals surface area contributed by atoms with Crippen molar-refractivity contribution in [3.05, 3.63) is 86.3 Å². The first-order valence-electron chi connectivity index (χ1n) is 8.14. The summed E-state index contributed by atoms with van der Waals surface area (Å²) in [6, 6.07) is 16.4. The van der Waals surface area contributed by atoms with Crippen LogP contribution < -0.4 is 5.69 Å². The number of nitro groups is 1. The molecule has 1 N–H and O–H groups in total. The molecule has 26 heavy (non-hydrogen) atoms. The SMILES string of the molecule is CC(Sc1n[nH]c(=O)n1CCc1ccccc1)c1cccc([N+](=O)[O-])c1. The van der Waals surface area contributed by atoms with Crippen LogP contribution in [0.15, 0.2) is 64.5 Å². The Morgan fingerprint density at radius 3 is 2.73 bits per heavy atom. The summed E-state index contributed by atoms with van der Waals surface area (Å²) in [5.41, 5.74) is 1.76. The van der Waals surface area contributed by atoms with Crippen molar-refractivity contribution in [3.63, 3.8) is 0 Å². The standard InChI is InChI=1S/C18H18N4O3S/c1-13(15-8-5-9-16(12-15)22(24)25)26-18-20-19-17(23)21(18)11-10-14-6-3-2-4-7-14/h2-9,12-13H,10-11H2,1H3,(H,19,23). The average molecular weight is 370 g/mol. The molecule has 0 amide bonds. The minimum atomic E-state index is -0.411. The van der Waals surface area contributed by atoms with Gasteiger partial charge in [-0.3, -0.25) is 14.7 Å². The molecule has 3 rings (SSSR count). The third-order valence-corrected chi connectivity index (χ3v) is 5.17. The van der Waals surface area contributed by atoms with Crippen molar-refractivity contribution in [1.29, 1.82) is 0 Å². The Balaban J connectivity index is 1.75. The van der Waals surface area contributed by atoms with Gasteiger partial charge in [-0.05, 0) is 24.5 Å². The summed E-state index contributed by atoms with van der Waals surface area (Å²) in [5.74, 6) is 0. The van der Waals surface area contributed by atoms with E-state index in [1.165, 1.54) is 17.8 Å². The second-order valence-electron chi connectivity index (χ2n) is 5.81. The highest BCUT2D eigenvalue weighted by molar-refractivity contribution is 7.99. The van der Waals surface area contributed by atoms with Crippen LogP contribution in [-0.2, 0) is 13.0 Å². The topological polar surface area (TPSA) is 93.8 Å². The van der Waals surface area contributed by atoms with Gasteiger partial charge in [0.1, 0.15) is 0 Å². The maximum Gasteiger partial charge on any atom is 0.343 e. The van der Waals surface area contributed by atoms with Crippen LogP contribution in [0.25, 0.3) is 0 Å². The van der Waals surface area contributed by atoms with Crippen LogP contribution in [0, 0.1) is 10.1 Å². The molecule has 3 aromatic rings. The van der Waals surface area contributed by atoms with Gasteiger partial charge in [0.2, 0.25) is 0 Å². The quantitative estimate of drug-likeness (QED) is 0.390. The Labute approximate surface area is 154 Å². The zero-order chi connectivity index (χ0) is 18.5. The molecule has 8 heteroatoms. The Morgan fingerprint density at radius 2 is 2.00 bits per heavy atom. The third-order valence-electron chi connectivity index (χ3n) is 4.02. The molecule has 0 aliphatic heterocycles. The number of thioether (sulfide) groups is 1. The van der Waals surface area contributed by atoms with Gasteiger partial charge in [0, 0.05) is 23.9 Å². The molecule has 0 fully saturated rings. The fourth-order valence-corrected chi connectivity index (χ4v) is 3.59. The summed E-state index contributed by atoms with van der Waals surface area (Å²) in [6.07, 6.45) is 0.721. The lowest BCUT2D eigenvalue weighted by Crippen LogP contribution is -2.19. The number of rotatable bonds is 7. The number of aromatic amines is 1. The molecule has 2 aromatic carbocycles. The number of hydrogen-bond donors (Lipinski definition) is 1. The number of nitrogens with zero attached hydrogens (tertiary/aromatic N) is 3. The highest BCUT2D eigenvalue weighted by Crippen LogP contribution is 2.34. The molecule has 0 saturated carbocycles. The van der Waals surface area contributed by atoms with E-state index in [1.807, 2.05) is 43.3 Å². The molecule has 1 atom stereocenters. The van der Waals surface area contributed by atoms with Crippen LogP contribution in [0.4, 0.5) is 5.69 Å². The first-order chi connectivity index (χ1) is 12.5. The minimum absolute atomic E-state index is 0.0541. The zero-order valence-corrected chi connectivity index (χ0v) is 15.0. The molecule has 0 saturated heterocycles. The molecule has 0 bridgehead atoms. The van der Waals surface area contributed by atoms with E-state index < -0.39 is 4.92 Å². The zero-order valence-electron chi connectivity index (χ0n) is 14.2. The molecule has 0 radical (unpaired) electrons. The molecule has 1 unspecified atom stereocenters. The van der Waals surface area contributed by atoms with Crippen LogP contribution >= 0.6 is 11.8 Å². The Hall–Kier alpha value is -2.87. The lowest BCUT2D eigenvalue weighted by atomic mass is 10.1. The average Bonchev–Trinajstić information content (AvgIpc) is 3.00. The van der Waals surface area contributed by atoms with Crippen LogP contribution in [0.3, 0.4) is 0 Å². The summed E-state index contributed by atoms with van der Waals surface area (Å²) in [7, 11) is 0. The van der Waals surface area contributed by atoms with E-state index in [2.05, 4.69) is 10.2 Å². The van der Waals surface area contributed by atoms with Crippen molar-refractivity contribution < 1.29 is 4.92 Å². The lowest BCUT2D eigenvalue weighted by molar-refractivity contribution is -0.384. The van der Waals surface area contributed by atoms with E-state index in [-0.39, 0.29) is 16.6 Å². The number of aromatic nitrogens is 3. The fourth-order valence-electron chi connectivity index (χ4n) is 2.59. The van der Waals surface area contributed by atoms with Gasteiger partial charge in [-0.15, -0.1) is 5.10 Å². The largest absolute Gasteiger partial charge is 0.343 e. The number of hydrogen-bond acceptors (Lipinski definition) is 5. The van der Waals surface area contributed by atoms with Crippen molar-refractivity contribution in [2.75, 3.05) is 0 Å². The maximum atomic E-state index is 12.1. The molecule has 1 heterocycles. The summed E-state index contributed by atoms with van der Waals surface area (Å²) in [6.45, 7) is 2.45. The van der Waals surface area contributed by atoms with Gasteiger partial charge in [0.15, 0.2) is 5.16 Å². The van der Waals surface area contributed by atoms with Crippen molar-refractivity contribution in [1.82, 2.24) is 14.8 Å². The van der Waals surface area contributed by atoms with Gasteiger partial charge in [-0.1, -0.05) is 54.2 Å². The normalized spacial score (nSPS) is 12.0. The van der Waals surface area contributed by atoms with E-state index in [9.17, 15) is 14.9 Å². The maximum absolute atomic E-state index is 12.1. The molecular weight excluding hydrogens is 352 g/mol. The van der Waals surface area contributed by atoms with E-state index in [0.29, 0.717) is 11.7 Å². The van der Waals surface area contributed by atoms with Crippen molar-refractivity contribution in [2.24, 2.45) is 0 Å². The molecule has 134 valence electrons. The van der Waals surface area contributed by atoms with E-state index in [4.69, 9.17) is 0 Å². The van der Waals surface area contributed by atoms with Gasteiger partial charge >= 0.3 is 5.69 Å². The Morgan fingerprint density at radius 1 is 1.23 bits per heavy atom. The second-order valence-corrected chi connectivity index (χ2v) is 7.12. The number of H-pyrrole nitrogens is 1. The van der Waals surface area contributed by atoms with E-state index in [0.717, 1.165) is 17.5 Å². The summed E-state index contributed by atoms with van der Waals surface area (Å²) >= 11 is 1.40. The van der Waals surface area contributed by atoms with Crippen LogP contribution in [-0.4, -0.2) is 19.7 Å². The predicted octanol–water partition coefficient (Wildman–Crippen LogP) is 3.58.